The highest BCUT2D eigenvalue weighted by atomic mass is 32.1. The van der Waals surface area contributed by atoms with E-state index in [1.54, 1.807) is 0 Å². The van der Waals surface area contributed by atoms with Crippen LogP contribution in [0.5, 0.6) is 0 Å². The van der Waals surface area contributed by atoms with E-state index in [0.717, 1.165) is 32.0 Å². The normalized spacial score (nSPS) is 28.4. The summed E-state index contributed by atoms with van der Waals surface area (Å²) in [5, 5.41) is 5.68. The van der Waals surface area contributed by atoms with E-state index in [9.17, 15) is 9.59 Å². The highest BCUT2D eigenvalue weighted by molar-refractivity contribution is 7.80. The van der Waals surface area contributed by atoms with Crippen LogP contribution in [0.4, 0.5) is 0 Å². The number of carbonyl (C=O) groups is 2. The largest absolute Gasteiger partial charge is 0.316 e. The number of nitrogens with one attached hydrogen (secondary N) is 2. The molecular formula is C17H21N3O2S. The molecule has 2 saturated heterocycles. The van der Waals surface area contributed by atoms with Gasteiger partial charge in [-0.1, -0.05) is 18.2 Å². The number of nitrogens with zero attached hydrogens (tertiary/aromatic N) is 1. The number of benzene rings is 1. The summed E-state index contributed by atoms with van der Waals surface area (Å²) in [5.41, 5.74) is 3.81. The molecule has 0 saturated carbocycles. The summed E-state index contributed by atoms with van der Waals surface area (Å²) in [7, 11) is 0. The van der Waals surface area contributed by atoms with Crippen molar-refractivity contribution in [1.82, 2.24) is 15.5 Å². The van der Waals surface area contributed by atoms with E-state index in [-0.39, 0.29) is 23.2 Å². The van der Waals surface area contributed by atoms with Gasteiger partial charge in [0.25, 0.3) is 0 Å². The zero-order valence-corrected chi connectivity index (χ0v) is 13.8. The predicted molar refractivity (Wildman–Crippen MR) is 89.9 cm³/mol. The summed E-state index contributed by atoms with van der Waals surface area (Å²) in [4.78, 5) is 25.6. The molecule has 1 aromatic rings. The lowest BCUT2D eigenvalue weighted by atomic mass is 9.93. The van der Waals surface area contributed by atoms with Gasteiger partial charge in [-0.2, -0.15) is 12.6 Å². The number of piperidine rings is 1. The molecule has 4 rings (SSSR count). The molecule has 5 nitrogen and oxygen atoms in total. The van der Waals surface area contributed by atoms with Gasteiger partial charge in [0.1, 0.15) is 0 Å². The van der Waals surface area contributed by atoms with Gasteiger partial charge in [-0.3, -0.25) is 19.8 Å². The third-order valence-electron chi connectivity index (χ3n) is 5.15. The first-order valence-corrected chi connectivity index (χ1v) is 8.73. The fourth-order valence-corrected chi connectivity index (χ4v) is 4.24. The van der Waals surface area contributed by atoms with Crippen molar-refractivity contribution in [2.45, 2.75) is 37.2 Å². The standard InChI is InChI=1S/C17H21N3O2S/c21-15-4-3-14(16(22)19-15)20-9-12-6-10(5-11-7-18-8-11)1-2-13(12)17(20)23/h1-2,6,11,14,17-18,23H,3-5,7-9H2,(H,19,21,22). The Balaban J connectivity index is 1.51. The molecule has 1 aromatic carbocycles. The van der Waals surface area contributed by atoms with Crippen molar-refractivity contribution in [3.05, 3.63) is 34.9 Å². The maximum absolute atomic E-state index is 12.1. The summed E-state index contributed by atoms with van der Waals surface area (Å²) < 4.78 is 0. The summed E-state index contributed by atoms with van der Waals surface area (Å²) in [6, 6.07) is 6.35. The van der Waals surface area contributed by atoms with E-state index in [1.807, 2.05) is 0 Å². The first-order valence-electron chi connectivity index (χ1n) is 8.22. The third kappa shape index (κ3) is 2.79. The van der Waals surface area contributed by atoms with Gasteiger partial charge in [-0.15, -0.1) is 0 Å². The molecule has 0 spiro atoms. The van der Waals surface area contributed by atoms with E-state index in [1.165, 1.54) is 16.7 Å². The Kier molecular flexibility index (Phi) is 3.91. The molecular weight excluding hydrogens is 310 g/mol. The van der Waals surface area contributed by atoms with Crippen LogP contribution in [-0.4, -0.2) is 35.8 Å². The van der Waals surface area contributed by atoms with E-state index < -0.39 is 0 Å². The van der Waals surface area contributed by atoms with Crippen LogP contribution in [0.15, 0.2) is 18.2 Å². The van der Waals surface area contributed by atoms with Crippen molar-refractivity contribution in [3.8, 4) is 0 Å². The molecule has 6 heteroatoms. The Hall–Kier alpha value is -1.37. The monoisotopic (exact) mass is 331 g/mol. The lowest BCUT2D eigenvalue weighted by Crippen LogP contribution is -2.51. The Morgan fingerprint density at radius 3 is 2.78 bits per heavy atom. The van der Waals surface area contributed by atoms with Gasteiger partial charge in [-0.05, 0) is 48.5 Å². The summed E-state index contributed by atoms with van der Waals surface area (Å²) in [6.07, 6.45) is 2.09. The second kappa shape index (κ2) is 5.92. The van der Waals surface area contributed by atoms with E-state index in [4.69, 9.17) is 12.6 Å². The van der Waals surface area contributed by atoms with Crippen LogP contribution in [0.2, 0.25) is 0 Å². The van der Waals surface area contributed by atoms with Crippen LogP contribution in [0.3, 0.4) is 0 Å². The van der Waals surface area contributed by atoms with Gasteiger partial charge in [0.2, 0.25) is 11.8 Å². The van der Waals surface area contributed by atoms with Crippen molar-refractivity contribution >= 4 is 24.4 Å². The quantitative estimate of drug-likeness (QED) is 0.571. The fraction of sp³-hybridized carbons (Fsp3) is 0.529. The van der Waals surface area contributed by atoms with Gasteiger partial charge in [0.15, 0.2) is 0 Å². The molecule has 3 aliphatic rings. The fourth-order valence-electron chi connectivity index (χ4n) is 3.74. The molecule has 2 amide bonds. The maximum Gasteiger partial charge on any atom is 0.243 e. The third-order valence-corrected chi connectivity index (χ3v) is 5.73. The molecule has 23 heavy (non-hydrogen) atoms. The highest BCUT2D eigenvalue weighted by Crippen LogP contribution is 2.39. The zero-order valence-electron chi connectivity index (χ0n) is 12.9. The molecule has 0 aromatic heterocycles. The lowest BCUT2D eigenvalue weighted by Gasteiger charge is -2.32. The van der Waals surface area contributed by atoms with Crippen molar-refractivity contribution in [2.75, 3.05) is 13.1 Å². The van der Waals surface area contributed by atoms with Crippen LogP contribution in [0, 0.1) is 5.92 Å². The minimum Gasteiger partial charge on any atom is -0.316 e. The molecule has 0 radical (unpaired) electrons. The van der Waals surface area contributed by atoms with Crippen molar-refractivity contribution < 1.29 is 9.59 Å². The number of hydrogen-bond donors (Lipinski definition) is 3. The van der Waals surface area contributed by atoms with Gasteiger partial charge in [0, 0.05) is 13.0 Å². The van der Waals surface area contributed by atoms with E-state index in [0.29, 0.717) is 12.8 Å². The molecule has 0 aliphatic carbocycles. The van der Waals surface area contributed by atoms with Crippen molar-refractivity contribution in [2.24, 2.45) is 5.92 Å². The first-order chi connectivity index (χ1) is 11.1. The van der Waals surface area contributed by atoms with E-state index in [2.05, 4.69) is 33.7 Å². The first kappa shape index (κ1) is 15.2. The van der Waals surface area contributed by atoms with Gasteiger partial charge in [0.05, 0.1) is 11.4 Å². The number of imide groups is 1. The van der Waals surface area contributed by atoms with Gasteiger partial charge < -0.3 is 5.32 Å². The molecule has 2 atom stereocenters. The second-order valence-corrected chi connectivity index (χ2v) is 7.26. The number of rotatable bonds is 3. The van der Waals surface area contributed by atoms with Crippen LogP contribution in [0.1, 0.15) is 34.9 Å². The SMILES string of the molecule is O=C1CCC(N2Cc3cc(CC4CNC4)ccc3C2S)C(=O)N1. The Labute approximate surface area is 141 Å². The number of amides is 2. The zero-order chi connectivity index (χ0) is 16.0. The smallest absolute Gasteiger partial charge is 0.243 e. The topological polar surface area (TPSA) is 61.4 Å². The molecule has 2 unspecified atom stereocenters. The summed E-state index contributed by atoms with van der Waals surface area (Å²) in [6.45, 7) is 2.94. The van der Waals surface area contributed by atoms with Crippen LogP contribution in [-0.2, 0) is 22.6 Å². The molecule has 3 heterocycles. The van der Waals surface area contributed by atoms with E-state index >= 15 is 0 Å². The summed E-state index contributed by atoms with van der Waals surface area (Å²) >= 11 is 4.72. The Bertz CT molecular complexity index is 659. The number of hydrogen-bond acceptors (Lipinski definition) is 5. The van der Waals surface area contributed by atoms with Crippen LogP contribution < -0.4 is 10.6 Å². The average molecular weight is 331 g/mol. The maximum atomic E-state index is 12.1. The van der Waals surface area contributed by atoms with Crippen molar-refractivity contribution in [1.29, 1.82) is 0 Å². The van der Waals surface area contributed by atoms with Gasteiger partial charge in [-0.25, -0.2) is 0 Å². The molecule has 0 bridgehead atoms. The highest BCUT2D eigenvalue weighted by Gasteiger charge is 2.39. The van der Waals surface area contributed by atoms with Crippen LogP contribution in [0.25, 0.3) is 0 Å². The molecule has 2 fully saturated rings. The minimum atomic E-state index is -0.262. The second-order valence-electron chi connectivity index (χ2n) is 6.77. The minimum absolute atomic E-state index is 0.0756. The van der Waals surface area contributed by atoms with Gasteiger partial charge >= 0.3 is 0 Å². The Morgan fingerprint density at radius 1 is 1.26 bits per heavy atom. The summed E-state index contributed by atoms with van der Waals surface area (Å²) in [5.74, 6) is 0.386. The van der Waals surface area contributed by atoms with Crippen molar-refractivity contribution in [3.63, 3.8) is 0 Å². The molecule has 2 N–H and O–H groups in total. The number of carbonyl (C=O) groups excluding carboxylic acids is 2. The predicted octanol–water partition coefficient (Wildman–Crippen LogP) is 0.998. The lowest BCUT2D eigenvalue weighted by molar-refractivity contribution is -0.137. The average Bonchev–Trinajstić information content (AvgIpc) is 2.80. The number of thiol groups is 1. The van der Waals surface area contributed by atoms with Crippen LogP contribution >= 0.6 is 12.6 Å². The molecule has 3 aliphatic heterocycles. The number of fused-ring (bicyclic) bond motifs is 1. The Morgan fingerprint density at radius 2 is 2.09 bits per heavy atom. The molecule has 122 valence electrons.